The van der Waals surface area contributed by atoms with Crippen LogP contribution < -0.4 is 10.6 Å². The van der Waals surface area contributed by atoms with Crippen molar-refractivity contribution in [2.75, 3.05) is 10.6 Å². The Bertz CT molecular complexity index is 1090. The molecule has 0 saturated heterocycles. The number of carbonyl (C=O) groups is 2. The molecule has 0 fully saturated rings. The van der Waals surface area contributed by atoms with Crippen molar-refractivity contribution in [2.45, 2.75) is 20.0 Å². The van der Waals surface area contributed by atoms with Crippen molar-refractivity contribution in [3.63, 3.8) is 0 Å². The number of nitrogens with one attached hydrogen (secondary N) is 2. The van der Waals surface area contributed by atoms with E-state index < -0.39 is 29.2 Å². The number of para-hydroxylation sites is 1. The molecule has 0 radical (unpaired) electrons. The van der Waals surface area contributed by atoms with Crippen LogP contribution in [0.2, 0.25) is 5.02 Å². The topological polar surface area (TPSA) is 71.3 Å². The highest BCUT2D eigenvalue weighted by molar-refractivity contribution is 6.35. The van der Waals surface area contributed by atoms with Crippen molar-refractivity contribution in [1.29, 1.82) is 0 Å². The Balaban J connectivity index is 1.99. The van der Waals surface area contributed by atoms with Gasteiger partial charge in [-0.15, -0.1) is 0 Å². The van der Waals surface area contributed by atoms with Crippen LogP contribution in [-0.4, -0.2) is 11.8 Å². The molecule has 0 aliphatic carbocycles. The third kappa shape index (κ3) is 3.82. The Labute approximate surface area is 162 Å². The molecule has 9 heteroatoms. The summed E-state index contributed by atoms with van der Waals surface area (Å²) in [5.41, 5.74) is -0.858. The van der Waals surface area contributed by atoms with E-state index in [1.165, 1.54) is 13.0 Å². The third-order valence-corrected chi connectivity index (χ3v) is 4.31. The smallest absolute Gasteiger partial charge is 0.418 e. The molecule has 2 amide bonds. The number of carbonyl (C=O) groups excluding carboxylic acids is 2. The van der Waals surface area contributed by atoms with Crippen LogP contribution in [0, 0.1) is 6.92 Å². The number of rotatable bonds is 3. The van der Waals surface area contributed by atoms with Gasteiger partial charge in [-0.05, 0) is 31.2 Å². The maximum atomic E-state index is 13.4. The zero-order chi connectivity index (χ0) is 20.6. The minimum absolute atomic E-state index is 0.0375. The number of aryl methyl sites for hydroxylation is 1. The minimum atomic E-state index is -4.75. The molecule has 0 aliphatic heterocycles. The van der Waals surface area contributed by atoms with Crippen LogP contribution in [0.1, 0.15) is 28.6 Å². The molecule has 28 heavy (non-hydrogen) atoms. The summed E-state index contributed by atoms with van der Waals surface area (Å²) >= 11 is 6.04. The summed E-state index contributed by atoms with van der Waals surface area (Å²) in [6.07, 6.45) is -4.75. The quantitative estimate of drug-likeness (QED) is 0.588. The van der Waals surface area contributed by atoms with Gasteiger partial charge in [0.1, 0.15) is 0 Å². The number of fused-ring (bicyclic) bond motifs is 1. The van der Waals surface area contributed by atoms with Gasteiger partial charge in [0.15, 0.2) is 11.3 Å². The molecule has 5 nitrogen and oxygen atoms in total. The van der Waals surface area contributed by atoms with Gasteiger partial charge in [-0.3, -0.25) is 9.59 Å². The monoisotopic (exact) mass is 410 g/mol. The van der Waals surface area contributed by atoms with E-state index >= 15 is 0 Å². The Morgan fingerprint density at radius 3 is 2.43 bits per heavy atom. The molecule has 0 spiro atoms. The molecular weight excluding hydrogens is 397 g/mol. The van der Waals surface area contributed by atoms with E-state index in [9.17, 15) is 22.8 Å². The van der Waals surface area contributed by atoms with Crippen molar-refractivity contribution >= 4 is 45.8 Å². The van der Waals surface area contributed by atoms with Gasteiger partial charge in [-0.2, -0.15) is 13.2 Å². The first-order chi connectivity index (χ1) is 13.1. The minimum Gasteiger partial charge on any atom is -0.449 e. The van der Waals surface area contributed by atoms with Crippen LogP contribution in [0.5, 0.6) is 0 Å². The highest BCUT2D eigenvalue weighted by Gasteiger charge is 2.35. The van der Waals surface area contributed by atoms with E-state index in [0.29, 0.717) is 10.9 Å². The van der Waals surface area contributed by atoms with Gasteiger partial charge < -0.3 is 15.1 Å². The van der Waals surface area contributed by atoms with Gasteiger partial charge in [-0.1, -0.05) is 23.7 Å². The number of alkyl halides is 3. The second-order valence-corrected chi connectivity index (χ2v) is 6.47. The van der Waals surface area contributed by atoms with Gasteiger partial charge in [0, 0.05) is 23.6 Å². The summed E-state index contributed by atoms with van der Waals surface area (Å²) in [5, 5.41) is 5.38. The van der Waals surface area contributed by atoms with Crippen LogP contribution in [0.15, 0.2) is 40.8 Å². The lowest BCUT2D eigenvalue weighted by Gasteiger charge is -2.15. The first-order valence-corrected chi connectivity index (χ1v) is 8.43. The molecule has 2 N–H and O–H groups in total. The fraction of sp³-hybridized carbons (Fsp3) is 0.158. The molecule has 0 atom stereocenters. The molecular formula is C19H14ClF3N2O3. The third-order valence-electron chi connectivity index (χ3n) is 4.02. The molecule has 146 valence electrons. The van der Waals surface area contributed by atoms with Crippen molar-refractivity contribution in [3.05, 3.63) is 58.3 Å². The number of hydrogen-bond acceptors (Lipinski definition) is 3. The Morgan fingerprint density at radius 1 is 1.11 bits per heavy atom. The van der Waals surface area contributed by atoms with Gasteiger partial charge in [-0.25, -0.2) is 0 Å². The summed E-state index contributed by atoms with van der Waals surface area (Å²) in [7, 11) is 0. The van der Waals surface area contributed by atoms with E-state index in [2.05, 4.69) is 10.6 Å². The van der Waals surface area contributed by atoms with E-state index in [0.717, 1.165) is 12.1 Å². The Morgan fingerprint density at radius 2 is 1.82 bits per heavy atom. The number of furan rings is 1. The van der Waals surface area contributed by atoms with Crippen LogP contribution in [0.4, 0.5) is 24.5 Å². The van der Waals surface area contributed by atoms with E-state index in [1.54, 1.807) is 25.1 Å². The van der Waals surface area contributed by atoms with E-state index in [-0.39, 0.29) is 22.1 Å². The standard InChI is InChI=1S/C19H14ClF3N2O3/c1-9-12-4-3-5-14(20)17(12)28-16(9)18(27)25-15-7-6-11(24-10(2)26)8-13(15)19(21,22)23/h3-8H,1-2H3,(H,24,26)(H,25,27). The van der Waals surface area contributed by atoms with Crippen molar-refractivity contribution in [2.24, 2.45) is 0 Å². The van der Waals surface area contributed by atoms with Gasteiger partial charge in [0.2, 0.25) is 5.91 Å². The predicted octanol–water partition coefficient (Wildman–Crippen LogP) is 5.62. The zero-order valence-corrected chi connectivity index (χ0v) is 15.5. The summed E-state index contributed by atoms with van der Waals surface area (Å²) in [4.78, 5) is 23.7. The highest BCUT2D eigenvalue weighted by atomic mass is 35.5. The lowest BCUT2D eigenvalue weighted by Crippen LogP contribution is -2.17. The molecule has 0 unspecified atom stereocenters. The van der Waals surface area contributed by atoms with Crippen molar-refractivity contribution in [1.82, 2.24) is 0 Å². The van der Waals surface area contributed by atoms with Crippen molar-refractivity contribution < 1.29 is 27.2 Å². The maximum absolute atomic E-state index is 13.4. The number of benzene rings is 2. The Kier molecular flexibility index (Phi) is 5.08. The fourth-order valence-corrected chi connectivity index (χ4v) is 2.99. The molecule has 2 aromatic carbocycles. The van der Waals surface area contributed by atoms with Gasteiger partial charge in [0.05, 0.1) is 16.3 Å². The normalized spacial score (nSPS) is 11.5. The lowest BCUT2D eigenvalue weighted by atomic mass is 10.1. The fourth-order valence-electron chi connectivity index (χ4n) is 2.77. The second-order valence-electron chi connectivity index (χ2n) is 6.07. The Hall–Kier alpha value is -3.00. The lowest BCUT2D eigenvalue weighted by molar-refractivity contribution is -0.137. The first kappa shape index (κ1) is 19.8. The maximum Gasteiger partial charge on any atom is 0.418 e. The first-order valence-electron chi connectivity index (χ1n) is 8.05. The number of anilines is 2. The van der Waals surface area contributed by atoms with E-state index in [4.69, 9.17) is 16.0 Å². The number of hydrogen-bond donors (Lipinski definition) is 2. The molecule has 3 aromatic rings. The van der Waals surface area contributed by atoms with Crippen LogP contribution in [0.3, 0.4) is 0 Å². The molecule has 0 aliphatic rings. The molecule has 1 aromatic heterocycles. The number of amides is 2. The summed E-state index contributed by atoms with van der Waals surface area (Å²) in [6.45, 7) is 2.79. The van der Waals surface area contributed by atoms with Crippen LogP contribution >= 0.6 is 11.6 Å². The summed E-state index contributed by atoms with van der Waals surface area (Å²) in [6, 6.07) is 8.03. The highest BCUT2D eigenvalue weighted by Crippen LogP contribution is 2.37. The predicted molar refractivity (Wildman–Crippen MR) is 99.7 cm³/mol. The van der Waals surface area contributed by atoms with Crippen LogP contribution in [0.25, 0.3) is 11.0 Å². The van der Waals surface area contributed by atoms with Gasteiger partial charge >= 0.3 is 6.18 Å². The average molecular weight is 411 g/mol. The molecule has 0 bridgehead atoms. The molecule has 0 saturated carbocycles. The zero-order valence-electron chi connectivity index (χ0n) is 14.7. The molecule has 1 heterocycles. The average Bonchev–Trinajstić information content (AvgIpc) is 2.93. The van der Waals surface area contributed by atoms with Crippen molar-refractivity contribution in [3.8, 4) is 0 Å². The summed E-state index contributed by atoms with van der Waals surface area (Å²) < 4.78 is 45.7. The van der Waals surface area contributed by atoms with Crippen LogP contribution in [-0.2, 0) is 11.0 Å². The number of halogens is 4. The summed E-state index contributed by atoms with van der Waals surface area (Å²) in [5.74, 6) is -1.50. The molecule has 3 rings (SSSR count). The van der Waals surface area contributed by atoms with Gasteiger partial charge in [0.25, 0.3) is 5.91 Å². The SMILES string of the molecule is CC(=O)Nc1ccc(NC(=O)c2oc3c(Cl)cccc3c2C)c(C(F)(F)F)c1. The largest absolute Gasteiger partial charge is 0.449 e. The second kappa shape index (κ2) is 7.20. The van der Waals surface area contributed by atoms with E-state index in [1.807, 2.05) is 0 Å².